The van der Waals surface area contributed by atoms with E-state index in [2.05, 4.69) is 17.3 Å². The second-order valence-corrected chi connectivity index (χ2v) is 6.46. The number of hydrogen-bond donors (Lipinski definition) is 0. The van der Waals surface area contributed by atoms with Gasteiger partial charge in [-0.15, -0.1) is 0 Å². The summed E-state index contributed by atoms with van der Waals surface area (Å²) < 4.78 is 5.18. The molecule has 5 nitrogen and oxygen atoms in total. The first-order valence-electron chi connectivity index (χ1n) is 7.48. The largest absolute Gasteiger partial charge is 0.361 e. The van der Waals surface area contributed by atoms with Crippen molar-refractivity contribution in [2.45, 2.75) is 33.2 Å². The Hall–Kier alpha value is -1.91. The molecule has 2 bridgehead atoms. The summed E-state index contributed by atoms with van der Waals surface area (Å²) in [5.41, 5.74) is 1.61. The molecule has 0 radical (unpaired) electrons. The zero-order chi connectivity index (χ0) is 14.9. The number of nitrogens with zero attached hydrogens (tertiary/aromatic N) is 2. The molecule has 1 aromatic heterocycles. The van der Waals surface area contributed by atoms with Gasteiger partial charge in [-0.2, -0.15) is 0 Å². The van der Waals surface area contributed by atoms with E-state index in [0.29, 0.717) is 5.76 Å². The third-order valence-corrected chi connectivity index (χ3v) is 5.40. The number of aryl methyl sites for hydroxylation is 2. The summed E-state index contributed by atoms with van der Waals surface area (Å²) in [6.45, 7) is 5.56. The fourth-order valence-electron chi connectivity index (χ4n) is 4.52. The van der Waals surface area contributed by atoms with Gasteiger partial charge in [0.05, 0.1) is 23.6 Å². The van der Waals surface area contributed by atoms with Gasteiger partial charge >= 0.3 is 0 Å². The molecule has 1 aromatic rings. The molecule has 1 saturated carbocycles. The monoisotopic (exact) mass is 286 g/mol. The predicted molar refractivity (Wildman–Crippen MR) is 74.0 cm³/mol. The molecular formula is C16H18N2O3. The van der Waals surface area contributed by atoms with Crippen LogP contribution in [0.1, 0.15) is 36.4 Å². The third kappa shape index (κ3) is 1.49. The van der Waals surface area contributed by atoms with Crippen LogP contribution in [0.3, 0.4) is 0 Å². The van der Waals surface area contributed by atoms with E-state index in [4.69, 9.17) is 4.52 Å². The van der Waals surface area contributed by atoms with Crippen LogP contribution in [-0.2, 0) is 9.59 Å². The first-order chi connectivity index (χ1) is 10.0. The Morgan fingerprint density at radius 1 is 1.19 bits per heavy atom. The predicted octanol–water partition coefficient (Wildman–Crippen LogP) is 2.16. The second-order valence-electron chi connectivity index (χ2n) is 6.46. The highest BCUT2D eigenvalue weighted by molar-refractivity contribution is 6.06. The van der Waals surface area contributed by atoms with Crippen LogP contribution in [0.2, 0.25) is 0 Å². The minimum Gasteiger partial charge on any atom is -0.361 e. The maximum atomic E-state index is 12.8. The second kappa shape index (κ2) is 4.06. The Bertz CT molecular complexity index is 626. The van der Waals surface area contributed by atoms with Crippen molar-refractivity contribution in [3.63, 3.8) is 0 Å². The molecule has 21 heavy (non-hydrogen) atoms. The van der Waals surface area contributed by atoms with E-state index in [1.54, 1.807) is 0 Å². The SMILES string of the molecule is Cc1noc(C)c1[C@H](C)N1C(=O)[C@@H]2[C@@H](C1=O)[C@H]1C=C[C@H]2C1. The van der Waals surface area contributed by atoms with E-state index >= 15 is 0 Å². The Morgan fingerprint density at radius 2 is 1.76 bits per heavy atom. The van der Waals surface area contributed by atoms with Gasteiger partial charge in [0.15, 0.2) is 0 Å². The molecule has 4 rings (SSSR count). The normalized spacial score (nSPS) is 34.9. The number of amides is 2. The maximum absolute atomic E-state index is 12.8. The van der Waals surface area contributed by atoms with Gasteiger partial charge in [0.25, 0.3) is 0 Å². The van der Waals surface area contributed by atoms with Gasteiger partial charge in [0.2, 0.25) is 11.8 Å². The summed E-state index contributed by atoms with van der Waals surface area (Å²) in [6.07, 6.45) is 5.18. The van der Waals surface area contributed by atoms with E-state index in [9.17, 15) is 9.59 Å². The number of carbonyl (C=O) groups is 2. The summed E-state index contributed by atoms with van der Waals surface area (Å²) in [4.78, 5) is 27.0. The molecule has 3 aliphatic rings. The average molecular weight is 286 g/mol. The molecule has 5 heteroatoms. The quantitative estimate of drug-likeness (QED) is 0.617. The molecule has 2 amide bonds. The lowest BCUT2D eigenvalue weighted by molar-refractivity contribution is -0.143. The summed E-state index contributed by atoms with van der Waals surface area (Å²) in [6, 6.07) is -0.304. The van der Waals surface area contributed by atoms with Crippen LogP contribution < -0.4 is 0 Å². The number of imide groups is 1. The van der Waals surface area contributed by atoms with Crippen LogP contribution in [0.4, 0.5) is 0 Å². The van der Waals surface area contributed by atoms with Crippen molar-refractivity contribution < 1.29 is 14.1 Å². The summed E-state index contributed by atoms with van der Waals surface area (Å²) in [7, 11) is 0. The van der Waals surface area contributed by atoms with Crippen LogP contribution in [-0.4, -0.2) is 21.9 Å². The van der Waals surface area contributed by atoms with Crippen LogP contribution in [0.25, 0.3) is 0 Å². The van der Waals surface area contributed by atoms with Crippen molar-refractivity contribution in [1.82, 2.24) is 10.1 Å². The molecule has 2 fully saturated rings. The molecule has 0 aromatic carbocycles. The van der Waals surface area contributed by atoms with Crippen LogP contribution >= 0.6 is 0 Å². The van der Waals surface area contributed by atoms with Gasteiger partial charge in [0, 0.05) is 5.56 Å². The zero-order valence-electron chi connectivity index (χ0n) is 12.4. The lowest BCUT2D eigenvalue weighted by Gasteiger charge is -2.24. The van der Waals surface area contributed by atoms with E-state index in [-0.39, 0.29) is 41.5 Å². The van der Waals surface area contributed by atoms with Crippen molar-refractivity contribution >= 4 is 11.8 Å². The van der Waals surface area contributed by atoms with Crippen LogP contribution in [0, 0.1) is 37.5 Å². The maximum Gasteiger partial charge on any atom is 0.234 e. The number of hydrogen-bond acceptors (Lipinski definition) is 4. The van der Waals surface area contributed by atoms with Gasteiger partial charge in [-0.3, -0.25) is 14.5 Å². The smallest absolute Gasteiger partial charge is 0.234 e. The highest BCUT2D eigenvalue weighted by atomic mass is 16.5. The first-order valence-corrected chi connectivity index (χ1v) is 7.48. The van der Waals surface area contributed by atoms with Gasteiger partial charge in [0.1, 0.15) is 5.76 Å². The summed E-state index contributed by atoms with van der Waals surface area (Å²) in [5.74, 6) is 0.852. The van der Waals surface area contributed by atoms with E-state index in [1.165, 1.54) is 4.90 Å². The molecule has 1 aliphatic heterocycles. The highest BCUT2D eigenvalue weighted by Crippen LogP contribution is 2.53. The van der Waals surface area contributed by atoms with Gasteiger partial charge in [-0.05, 0) is 39.0 Å². The molecule has 1 saturated heterocycles. The van der Waals surface area contributed by atoms with Gasteiger partial charge in [-0.1, -0.05) is 17.3 Å². The Kier molecular flexibility index (Phi) is 2.47. The van der Waals surface area contributed by atoms with Gasteiger partial charge in [-0.25, -0.2) is 0 Å². The van der Waals surface area contributed by atoms with Crippen molar-refractivity contribution in [3.8, 4) is 0 Å². The molecule has 0 unspecified atom stereocenters. The van der Waals surface area contributed by atoms with Crippen molar-refractivity contribution in [2.24, 2.45) is 23.7 Å². The molecule has 0 spiro atoms. The summed E-state index contributed by atoms with van der Waals surface area (Å²) >= 11 is 0. The van der Waals surface area contributed by atoms with E-state index < -0.39 is 0 Å². The third-order valence-electron chi connectivity index (χ3n) is 5.40. The van der Waals surface area contributed by atoms with Crippen LogP contribution in [0.15, 0.2) is 16.7 Å². The highest BCUT2D eigenvalue weighted by Gasteiger charge is 2.60. The first kappa shape index (κ1) is 12.8. The number of likely N-dealkylation sites (tertiary alicyclic amines) is 1. The lowest BCUT2D eigenvalue weighted by atomic mass is 9.85. The van der Waals surface area contributed by atoms with E-state index in [1.807, 2.05) is 20.8 Å². The fraction of sp³-hybridized carbons (Fsp3) is 0.562. The average Bonchev–Trinajstić information content (AvgIpc) is 3.16. The fourth-order valence-corrected chi connectivity index (χ4v) is 4.52. The number of aromatic nitrogens is 1. The van der Waals surface area contributed by atoms with E-state index in [0.717, 1.165) is 17.7 Å². The molecule has 110 valence electrons. The Labute approximate surface area is 123 Å². The number of allylic oxidation sites excluding steroid dienone is 2. The minimum absolute atomic E-state index is 0.0191. The Balaban J connectivity index is 1.71. The summed E-state index contributed by atoms with van der Waals surface area (Å²) in [5, 5.41) is 3.94. The van der Waals surface area contributed by atoms with Crippen molar-refractivity contribution in [2.75, 3.05) is 0 Å². The van der Waals surface area contributed by atoms with Crippen molar-refractivity contribution in [1.29, 1.82) is 0 Å². The Morgan fingerprint density at radius 3 is 2.24 bits per heavy atom. The topological polar surface area (TPSA) is 63.4 Å². The lowest BCUT2D eigenvalue weighted by Crippen LogP contribution is -2.35. The number of carbonyl (C=O) groups excluding carboxylic acids is 2. The number of rotatable bonds is 2. The van der Waals surface area contributed by atoms with Crippen LogP contribution in [0.5, 0.6) is 0 Å². The molecule has 2 heterocycles. The zero-order valence-corrected chi connectivity index (χ0v) is 12.4. The van der Waals surface area contributed by atoms with Gasteiger partial charge < -0.3 is 4.52 Å². The molecular weight excluding hydrogens is 268 g/mol. The molecule has 2 aliphatic carbocycles. The number of fused-ring (bicyclic) bond motifs is 5. The van der Waals surface area contributed by atoms with Crippen molar-refractivity contribution in [3.05, 3.63) is 29.2 Å². The minimum atomic E-state index is -0.304. The molecule has 5 atom stereocenters. The standard InChI is InChI=1S/C16H18N2O3/c1-7-12(9(3)21-17-7)8(2)18-15(19)13-10-4-5-11(6-10)14(13)16(18)20/h4-5,8,10-11,13-14H,6H2,1-3H3/t8-,10-,11-,13-,14-/m0/s1. The molecule has 0 N–H and O–H groups in total.